The number of ether oxygens (including phenoxy) is 1. The van der Waals surface area contributed by atoms with Crippen LogP contribution in [-0.2, 0) is 21.9 Å². The molecule has 1 aliphatic rings. The predicted molar refractivity (Wildman–Crippen MR) is 179 cm³/mol. The third kappa shape index (κ3) is 6.77. The number of Topliss-reactive ketones (excluding diaryl/α,β-unsaturated/α-hetero) is 1. The van der Waals surface area contributed by atoms with Crippen LogP contribution >= 0.6 is 46.3 Å². The van der Waals surface area contributed by atoms with Crippen LogP contribution in [0.15, 0.2) is 107 Å². The average molecular weight is 675 g/mol. The van der Waals surface area contributed by atoms with Crippen LogP contribution in [0.5, 0.6) is 5.75 Å². The summed E-state index contributed by atoms with van der Waals surface area (Å²) in [7, 11) is 0. The number of nitrogens with zero attached hydrogens (tertiary/aromatic N) is 3. The molecule has 1 unspecified atom stereocenters. The molecule has 1 amide bonds. The van der Waals surface area contributed by atoms with Crippen molar-refractivity contribution in [3.8, 4) is 5.75 Å². The van der Waals surface area contributed by atoms with E-state index in [0.29, 0.717) is 43.6 Å². The molecule has 6 rings (SSSR count). The normalized spacial score (nSPS) is 15.9. The lowest BCUT2D eigenvalue weighted by Crippen LogP contribution is -2.29. The summed E-state index contributed by atoms with van der Waals surface area (Å²) in [5, 5.41) is 21.4. The van der Waals surface area contributed by atoms with Crippen LogP contribution in [0.2, 0.25) is 10.0 Å². The molecule has 1 atom stereocenters. The summed E-state index contributed by atoms with van der Waals surface area (Å²) in [5.41, 5.74) is 4.14. The number of hydrogen-bond acceptors (Lipinski definition) is 8. The first kappa shape index (κ1) is 30.9. The molecule has 1 aliphatic heterocycles. The van der Waals surface area contributed by atoms with Crippen LogP contribution in [0, 0.1) is 6.92 Å². The molecule has 0 radical (unpaired) electrons. The fourth-order valence-electron chi connectivity index (χ4n) is 4.87. The number of carbonyl (C=O) groups is 2. The van der Waals surface area contributed by atoms with Crippen molar-refractivity contribution in [1.29, 1.82) is 0 Å². The van der Waals surface area contributed by atoms with E-state index >= 15 is 0 Å². The highest BCUT2D eigenvalue weighted by Crippen LogP contribution is 2.44. The van der Waals surface area contributed by atoms with E-state index in [-0.39, 0.29) is 16.5 Å². The lowest BCUT2D eigenvalue weighted by atomic mass is 9.95. The van der Waals surface area contributed by atoms with Crippen LogP contribution in [0.25, 0.3) is 5.76 Å². The van der Waals surface area contributed by atoms with Gasteiger partial charge in [-0.3, -0.25) is 14.5 Å². The molecule has 0 bridgehead atoms. The number of anilines is 1. The number of halogens is 2. The van der Waals surface area contributed by atoms with Gasteiger partial charge >= 0.3 is 5.91 Å². The van der Waals surface area contributed by atoms with Gasteiger partial charge in [0.25, 0.3) is 5.78 Å². The Kier molecular flexibility index (Phi) is 9.23. The summed E-state index contributed by atoms with van der Waals surface area (Å²) in [6.07, 6.45) is 0. The Morgan fingerprint density at radius 3 is 2.27 bits per heavy atom. The summed E-state index contributed by atoms with van der Waals surface area (Å²) in [6.45, 7) is 2.41. The van der Waals surface area contributed by atoms with Crippen molar-refractivity contribution in [3.63, 3.8) is 0 Å². The molecule has 11 heteroatoms. The summed E-state index contributed by atoms with van der Waals surface area (Å²) < 4.78 is 6.57. The second-order valence-electron chi connectivity index (χ2n) is 10.2. The lowest BCUT2D eigenvalue weighted by molar-refractivity contribution is -0.132. The van der Waals surface area contributed by atoms with E-state index in [1.54, 1.807) is 48.5 Å². The summed E-state index contributed by atoms with van der Waals surface area (Å²) in [5.74, 6) is -0.710. The molecule has 1 saturated heterocycles. The lowest BCUT2D eigenvalue weighted by Gasteiger charge is -2.22. The Labute approximate surface area is 278 Å². The molecule has 0 saturated carbocycles. The van der Waals surface area contributed by atoms with Gasteiger partial charge in [-0.1, -0.05) is 94.8 Å². The molecule has 226 valence electrons. The zero-order valence-corrected chi connectivity index (χ0v) is 27.0. The van der Waals surface area contributed by atoms with E-state index in [2.05, 4.69) is 10.2 Å². The summed E-state index contributed by atoms with van der Waals surface area (Å²) in [6, 6.07) is 28.1. The smallest absolute Gasteiger partial charge is 0.301 e. The third-order valence-electron chi connectivity index (χ3n) is 7.29. The molecule has 1 aromatic heterocycles. The maximum atomic E-state index is 13.5. The van der Waals surface area contributed by atoms with E-state index in [1.165, 1.54) is 28.0 Å². The Hall–Kier alpha value is -4.15. The summed E-state index contributed by atoms with van der Waals surface area (Å²) >= 11 is 14.8. The Morgan fingerprint density at radius 2 is 1.58 bits per heavy atom. The highest BCUT2D eigenvalue weighted by molar-refractivity contribution is 8.00. The molecule has 0 aliphatic carbocycles. The Morgan fingerprint density at radius 1 is 0.911 bits per heavy atom. The predicted octanol–water partition coefficient (Wildman–Crippen LogP) is 8.65. The van der Waals surface area contributed by atoms with Gasteiger partial charge in [0.15, 0.2) is 4.34 Å². The number of thioether (sulfide) groups is 1. The molecule has 4 aromatic carbocycles. The van der Waals surface area contributed by atoms with Gasteiger partial charge in [-0.15, -0.1) is 10.2 Å². The number of aliphatic hydroxyl groups is 1. The Balaban J connectivity index is 1.29. The van der Waals surface area contributed by atoms with Crippen molar-refractivity contribution in [2.45, 2.75) is 29.7 Å². The van der Waals surface area contributed by atoms with Crippen molar-refractivity contribution in [1.82, 2.24) is 10.2 Å². The van der Waals surface area contributed by atoms with E-state index in [1.807, 2.05) is 55.5 Å². The first-order chi connectivity index (χ1) is 21.8. The molecular formula is C34H25Cl2N3O4S2. The van der Waals surface area contributed by atoms with Crippen molar-refractivity contribution in [2.24, 2.45) is 0 Å². The number of ketones is 1. The quantitative estimate of drug-likeness (QED) is 0.0550. The molecule has 5 aromatic rings. The zero-order valence-electron chi connectivity index (χ0n) is 23.8. The van der Waals surface area contributed by atoms with E-state index < -0.39 is 17.7 Å². The maximum Gasteiger partial charge on any atom is 0.301 e. The van der Waals surface area contributed by atoms with Crippen LogP contribution in [0.1, 0.15) is 33.9 Å². The van der Waals surface area contributed by atoms with Gasteiger partial charge in [-0.05, 0) is 77.7 Å². The number of carbonyl (C=O) groups excluding carboxylic acids is 2. The SMILES string of the molecule is Cc1ccccc1COc1ccc(/C(O)=C2\C(=O)C(=O)N(c3nnc(SCc4ccc(Cl)cc4)s3)C2c2ccc(Cl)cc2)cc1. The van der Waals surface area contributed by atoms with Gasteiger partial charge in [0, 0.05) is 21.4 Å². The molecule has 0 spiro atoms. The first-order valence-corrected chi connectivity index (χ1v) is 16.4. The van der Waals surface area contributed by atoms with E-state index in [0.717, 1.165) is 16.7 Å². The minimum absolute atomic E-state index is 0.0542. The molecule has 1 N–H and O–H groups in total. The van der Waals surface area contributed by atoms with Crippen molar-refractivity contribution in [3.05, 3.63) is 140 Å². The van der Waals surface area contributed by atoms with Gasteiger partial charge in [0.2, 0.25) is 5.13 Å². The summed E-state index contributed by atoms with van der Waals surface area (Å²) in [4.78, 5) is 28.4. The van der Waals surface area contributed by atoms with Gasteiger partial charge in [0.1, 0.15) is 18.1 Å². The topological polar surface area (TPSA) is 92.6 Å². The van der Waals surface area contributed by atoms with Crippen molar-refractivity contribution < 1.29 is 19.4 Å². The minimum Gasteiger partial charge on any atom is -0.507 e. The largest absolute Gasteiger partial charge is 0.507 e. The number of aryl methyl sites for hydroxylation is 1. The first-order valence-electron chi connectivity index (χ1n) is 13.8. The van der Waals surface area contributed by atoms with Crippen LogP contribution < -0.4 is 9.64 Å². The van der Waals surface area contributed by atoms with Crippen molar-refractivity contribution >= 4 is 68.9 Å². The molecule has 2 heterocycles. The number of benzene rings is 4. The standard InChI is InChI=1S/C34H25Cl2N3O4S2/c1-20-4-2-3-5-24(20)18-43-27-16-10-23(11-17-27)30(40)28-29(22-8-14-26(36)15-9-22)39(32(42)31(28)41)33-37-38-34(45-33)44-19-21-6-12-25(35)13-7-21/h2-17,29,40H,18-19H2,1H3/b30-28+. The fourth-order valence-corrected chi connectivity index (χ4v) is 6.95. The van der Waals surface area contributed by atoms with Crippen LogP contribution in [-0.4, -0.2) is 27.0 Å². The van der Waals surface area contributed by atoms with E-state index in [9.17, 15) is 14.7 Å². The Bertz CT molecular complexity index is 1890. The highest BCUT2D eigenvalue weighted by Gasteiger charge is 2.48. The number of hydrogen-bond donors (Lipinski definition) is 1. The van der Waals surface area contributed by atoms with E-state index in [4.69, 9.17) is 27.9 Å². The number of aliphatic hydroxyl groups excluding tert-OH is 1. The average Bonchev–Trinajstić information content (AvgIpc) is 3.62. The zero-order chi connectivity index (χ0) is 31.5. The van der Waals surface area contributed by atoms with Gasteiger partial charge in [-0.25, -0.2) is 0 Å². The fraction of sp³-hybridized carbons (Fsp3) is 0.118. The second-order valence-corrected chi connectivity index (χ2v) is 13.3. The van der Waals surface area contributed by atoms with Crippen LogP contribution in [0.3, 0.4) is 0 Å². The third-order valence-corrected chi connectivity index (χ3v) is 9.92. The highest BCUT2D eigenvalue weighted by atomic mass is 35.5. The van der Waals surface area contributed by atoms with Crippen molar-refractivity contribution in [2.75, 3.05) is 4.90 Å². The monoisotopic (exact) mass is 673 g/mol. The molecule has 1 fully saturated rings. The van der Waals surface area contributed by atoms with Gasteiger partial charge in [0.05, 0.1) is 11.6 Å². The number of rotatable bonds is 9. The number of amides is 1. The molecular weight excluding hydrogens is 649 g/mol. The van der Waals surface area contributed by atoms with Gasteiger partial charge in [-0.2, -0.15) is 0 Å². The number of aromatic nitrogens is 2. The molecule has 7 nitrogen and oxygen atoms in total. The van der Waals surface area contributed by atoms with Gasteiger partial charge < -0.3 is 9.84 Å². The maximum absolute atomic E-state index is 13.5. The minimum atomic E-state index is -0.943. The van der Waals surface area contributed by atoms with Crippen LogP contribution in [0.4, 0.5) is 5.13 Å². The second kappa shape index (κ2) is 13.5. The molecule has 45 heavy (non-hydrogen) atoms.